The van der Waals surface area contributed by atoms with E-state index in [-0.39, 0.29) is 23.9 Å². The fourth-order valence-corrected chi connectivity index (χ4v) is 4.48. The first-order valence-corrected chi connectivity index (χ1v) is 11.4. The maximum Gasteiger partial charge on any atom is 0.407 e. The Morgan fingerprint density at radius 2 is 1.68 bits per heavy atom. The van der Waals surface area contributed by atoms with Crippen LogP contribution in [0, 0.1) is 0 Å². The number of nitrogens with one attached hydrogen (secondary N) is 2. The molecule has 176 valence electrons. The number of nitrogens with zero attached hydrogens (tertiary/aromatic N) is 1. The number of rotatable bonds is 8. The summed E-state index contributed by atoms with van der Waals surface area (Å²) in [5, 5.41) is 24.0. The fourth-order valence-electron chi connectivity index (χ4n) is 3.71. The number of aliphatic carboxylic acids is 1. The molecule has 1 aromatic heterocycles. The van der Waals surface area contributed by atoms with Crippen molar-refractivity contribution in [1.29, 1.82) is 0 Å². The summed E-state index contributed by atoms with van der Waals surface area (Å²) in [6, 6.07) is 16.1. The standard InChI is InChI=1S/C24H23N3O6S/c1-24(32,22(29)30)13-27-21(28)19-10-25-20(34-19)11-26-23(31)33-12-18-16-8-4-2-6-14(16)15-7-3-5-9-17(15)18/h2-10,18,32H,11-13H2,1H3,(H,26,31)(H,27,28)(H,29,30). The number of thiazole rings is 1. The van der Waals surface area contributed by atoms with Gasteiger partial charge in [-0.3, -0.25) is 4.79 Å². The number of aliphatic hydroxyl groups is 1. The predicted molar refractivity (Wildman–Crippen MR) is 125 cm³/mol. The van der Waals surface area contributed by atoms with Gasteiger partial charge in [-0.25, -0.2) is 14.6 Å². The third-order valence-corrected chi connectivity index (χ3v) is 6.55. The second-order valence-electron chi connectivity index (χ2n) is 8.06. The van der Waals surface area contributed by atoms with Gasteiger partial charge in [0.25, 0.3) is 5.91 Å². The molecule has 4 rings (SSSR count). The summed E-state index contributed by atoms with van der Waals surface area (Å²) < 4.78 is 5.48. The third kappa shape index (κ3) is 4.92. The maximum atomic E-state index is 12.3. The lowest BCUT2D eigenvalue weighted by Gasteiger charge is -2.17. The number of carboxylic acids is 1. The van der Waals surface area contributed by atoms with E-state index in [0.29, 0.717) is 5.01 Å². The molecule has 1 heterocycles. The first-order valence-electron chi connectivity index (χ1n) is 10.5. The quantitative estimate of drug-likeness (QED) is 0.388. The molecule has 2 amide bonds. The summed E-state index contributed by atoms with van der Waals surface area (Å²) in [6.07, 6.45) is 0.727. The topological polar surface area (TPSA) is 138 Å². The molecule has 2 aromatic carbocycles. The summed E-state index contributed by atoms with van der Waals surface area (Å²) in [4.78, 5) is 39.7. The second kappa shape index (κ2) is 9.62. The molecule has 0 radical (unpaired) electrons. The number of alkyl carbamates (subject to hydrolysis) is 1. The highest BCUT2D eigenvalue weighted by molar-refractivity contribution is 7.13. The van der Waals surface area contributed by atoms with Gasteiger partial charge in [-0.05, 0) is 29.2 Å². The Kier molecular flexibility index (Phi) is 6.62. The van der Waals surface area contributed by atoms with Gasteiger partial charge in [-0.1, -0.05) is 48.5 Å². The van der Waals surface area contributed by atoms with Crippen molar-refractivity contribution in [3.8, 4) is 11.1 Å². The largest absolute Gasteiger partial charge is 0.479 e. The number of carbonyl (C=O) groups excluding carboxylic acids is 2. The van der Waals surface area contributed by atoms with Crippen LogP contribution < -0.4 is 10.6 Å². The molecule has 4 N–H and O–H groups in total. The minimum atomic E-state index is -2.07. The molecule has 0 aliphatic heterocycles. The number of hydrogen-bond acceptors (Lipinski definition) is 7. The summed E-state index contributed by atoms with van der Waals surface area (Å²) >= 11 is 1.04. The van der Waals surface area contributed by atoms with Gasteiger partial charge in [0.2, 0.25) is 0 Å². The van der Waals surface area contributed by atoms with Gasteiger partial charge in [0.1, 0.15) is 16.5 Å². The van der Waals surface area contributed by atoms with Crippen molar-refractivity contribution in [2.45, 2.75) is 25.0 Å². The van der Waals surface area contributed by atoms with Crippen molar-refractivity contribution in [2.75, 3.05) is 13.2 Å². The van der Waals surface area contributed by atoms with Crippen LogP contribution in [0.15, 0.2) is 54.7 Å². The van der Waals surface area contributed by atoms with Crippen molar-refractivity contribution in [2.24, 2.45) is 0 Å². The number of carbonyl (C=O) groups is 3. The lowest BCUT2D eigenvalue weighted by molar-refractivity contribution is -0.155. The lowest BCUT2D eigenvalue weighted by atomic mass is 9.98. The van der Waals surface area contributed by atoms with Crippen LogP contribution in [0.5, 0.6) is 0 Å². The second-order valence-corrected chi connectivity index (χ2v) is 9.17. The molecule has 34 heavy (non-hydrogen) atoms. The van der Waals surface area contributed by atoms with E-state index in [0.717, 1.165) is 40.5 Å². The highest BCUT2D eigenvalue weighted by Crippen LogP contribution is 2.44. The number of aromatic nitrogens is 1. The zero-order chi connectivity index (χ0) is 24.3. The van der Waals surface area contributed by atoms with Gasteiger partial charge in [0, 0.05) is 5.92 Å². The van der Waals surface area contributed by atoms with Crippen molar-refractivity contribution in [1.82, 2.24) is 15.6 Å². The number of fused-ring (bicyclic) bond motifs is 3. The number of benzene rings is 2. The first-order chi connectivity index (χ1) is 16.3. The molecule has 0 bridgehead atoms. The van der Waals surface area contributed by atoms with E-state index >= 15 is 0 Å². The van der Waals surface area contributed by atoms with Crippen LogP contribution in [0.25, 0.3) is 11.1 Å². The molecule has 0 fully saturated rings. The van der Waals surface area contributed by atoms with E-state index in [4.69, 9.17) is 9.84 Å². The monoisotopic (exact) mass is 481 g/mol. The van der Waals surface area contributed by atoms with Gasteiger partial charge in [0.05, 0.1) is 19.3 Å². The smallest absolute Gasteiger partial charge is 0.407 e. The van der Waals surface area contributed by atoms with Gasteiger partial charge in [-0.2, -0.15) is 0 Å². The van der Waals surface area contributed by atoms with Crippen LogP contribution in [-0.4, -0.2) is 51.9 Å². The van der Waals surface area contributed by atoms with Crippen LogP contribution in [0.3, 0.4) is 0 Å². The van der Waals surface area contributed by atoms with Crippen LogP contribution in [0.4, 0.5) is 4.79 Å². The summed E-state index contributed by atoms with van der Waals surface area (Å²) in [5.41, 5.74) is 2.45. The Balaban J connectivity index is 1.29. The molecule has 0 saturated heterocycles. The Hall–Kier alpha value is -3.76. The van der Waals surface area contributed by atoms with Gasteiger partial charge in [-0.15, -0.1) is 11.3 Å². The summed E-state index contributed by atoms with van der Waals surface area (Å²) in [5.74, 6) is -2.05. The van der Waals surface area contributed by atoms with E-state index in [1.54, 1.807) is 0 Å². The molecule has 1 aliphatic carbocycles. The molecular formula is C24H23N3O6S. The highest BCUT2D eigenvalue weighted by Gasteiger charge is 2.31. The van der Waals surface area contributed by atoms with Gasteiger partial charge in [0.15, 0.2) is 5.60 Å². The molecule has 1 atom stereocenters. The number of amides is 2. The van der Waals surface area contributed by atoms with Crippen molar-refractivity contribution in [3.05, 3.63) is 75.7 Å². The Bertz CT molecular complexity index is 1190. The van der Waals surface area contributed by atoms with Crippen LogP contribution in [-0.2, 0) is 16.1 Å². The SMILES string of the molecule is CC(O)(CNC(=O)c1cnc(CNC(=O)OCC2c3ccccc3-c3ccccc32)s1)C(=O)O. The van der Waals surface area contributed by atoms with Gasteiger partial charge < -0.3 is 25.6 Å². The summed E-state index contributed by atoms with van der Waals surface area (Å²) in [7, 11) is 0. The Labute approximate surface area is 199 Å². The zero-order valence-electron chi connectivity index (χ0n) is 18.3. The van der Waals surface area contributed by atoms with E-state index < -0.39 is 30.1 Å². The Morgan fingerprint density at radius 3 is 2.29 bits per heavy atom. The molecule has 0 saturated carbocycles. The van der Waals surface area contributed by atoms with E-state index in [2.05, 4.69) is 27.8 Å². The van der Waals surface area contributed by atoms with E-state index in [1.165, 1.54) is 6.20 Å². The van der Waals surface area contributed by atoms with Crippen molar-refractivity contribution in [3.63, 3.8) is 0 Å². The maximum absolute atomic E-state index is 12.3. The minimum absolute atomic E-state index is 0.0451. The van der Waals surface area contributed by atoms with Crippen molar-refractivity contribution >= 4 is 29.3 Å². The van der Waals surface area contributed by atoms with E-state index in [1.807, 2.05) is 36.4 Å². The van der Waals surface area contributed by atoms with Crippen molar-refractivity contribution < 1.29 is 29.3 Å². The van der Waals surface area contributed by atoms with Crippen LogP contribution in [0.1, 0.15) is 38.6 Å². The molecule has 9 nitrogen and oxygen atoms in total. The number of ether oxygens (including phenoxy) is 1. The first kappa shape index (κ1) is 23.4. The van der Waals surface area contributed by atoms with E-state index in [9.17, 15) is 19.5 Å². The lowest BCUT2D eigenvalue weighted by Crippen LogP contribution is -2.46. The predicted octanol–water partition coefficient (Wildman–Crippen LogP) is 2.75. The molecule has 1 unspecified atom stereocenters. The fraction of sp³-hybridized carbons (Fsp3) is 0.250. The third-order valence-electron chi connectivity index (χ3n) is 5.56. The average molecular weight is 482 g/mol. The highest BCUT2D eigenvalue weighted by atomic mass is 32.1. The van der Waals surface area contributed by atoms with Crippen LogP contribution >= 0.6 is 11.3 Å². The minimum Gasteiger partial charge on any atom is -0.479 e. The van der Waals surface area contributed by atoms with Crippen LogP contribution in [0.2, 0.25) is 0 Å². The molecule has 1 aliphatic rings. The molecule has 3 aromatic rings. The normalized spacial score (nSPS) is 13.9. The molecular weight excluding hydrogens is 458 g/mol. The zero-order valence-corrected chi connectivity index (χ0v) is 19.1. The molecule has 10 heteroatoms. The molecule has 0 spiro atoms. The number of hydrogen-bond donors (Lipinski definition) is 4. The average Bonchev–Trinajstić information content (AvgIpc) is 3.43. The van der Waals surface area contributed by atoms with Gasteiger partial charge >= 0.3 is 12.1 Å². The number of carboxylic acid groups (broad SMARTS) is 1. The summed E-state index contributed by atoms with van der Waals surface area (Å²) in [6.45, 7) is 0.898. The Morgan fingerprint density at radius 1 is 1.06 bits per heavy atom.